The van der Waals surface area contributed by atoms with Gasteiger partial charge in [0.1, 0.15) is 11.6 Å². The fraction of sp³-hybridized carbons (Fsp3) is 0.304. The van der Waals surface area contributed by atoms with Gasteiger partial charge in [-0.2, -0.15) is 0 Å². The largest absolute Gasteiger partial charge is 0.507 e. The fourth-order valence-corrected chi connectivity index (χ4v) is 4.31. The molecule has 1 aliphatic carbocycles. The lowest BCUT2D eigenvalue weighted by molar-refractivity contribution is -0.141. The fourth-order valence-electron chi connectivity index (χ4n) is 4.31. The molecule has 2 fully saturated rings. The van der Waals surface area contributed by atoms with Crippen LogP contribution in [-0.2, 0) is 9.59 Å². The summed E-state index contributed by atoms with van der Waals surface area (Å²) in [4.78, 5) is 27.6. The number of hydrogen-bond acceptors (Lipinski definition) is 3. The van der Waals surface area contributed by atoms with Gasteiger partial charge in [-0.1, -0.05) is 49.6 Å². The molecule has 1 saturated carbocycles. The van der Waals surface area contributed by atoms with Gasteiger partial charge in [-0.3, -0.25) is 9.59 Å². The summed E-state index contributed by atoms with van der Waals surface area (Å²) in [6.07, 6.45) is 4.88. The van der Waals surface area contributed by atoms with Crippen LogP contribution in [-0.4, -0.2) is 27.7 Å². The molecular weight excluding hydrogens is 357 g/mol. The van der Waals surface area contributed by atoms with Crippen LogP contribution in [0.1, 0.15) is 49.3 Å². The predicted octanol–water partition coefficient (Wildman–Crippen LogP) is 4.58. The zero-order valence-corrected chi connectivity index (χ0v) is 15.5. The number of halogens is 1. The van der Waals surface area contributed by atoms with E-state index in [1.54, 1.807) is 4.90 Å². The molecule has 1 unspecified atom stereocenters. The summed E-state index contributed by atoms with van der Waals surface area (Å²) in [5, 5.41) is 10.9. The third-order valence-corrected chi connectivity index (χ3v) is 5.68. The molecule has 1 aliphatic heterocycles. The molecule has 0 radical (unpaired) electrons. The average Bonchev–Trinajstić information content (AvgIpc) is 3.00. The number of aliphatic hydroxyl groups excluding tert-OH is 1. The highest BCUT2D eigenvalue weighted by molar-refractivity contribution is 6.46. The van der Waals surface area contributed by atoms with Gasteiger partial charge in [-0.15, -0.1) is 0 Å². The first-order valence-corrected chi connectivity index (χ1v) is 9.69. The van der Waals surface area contributed by atoms with E-state index in [2.05, 4.69) is 0 Å². The third kappa shape index (κ3) is 3.21. The van der Waals surface area contributed by atoms with E-state index in [9.17, 15) is 19.1 Å². The minimum absolute atomic E-state index is 0.0195. The van der Waals surface area contributed by atoms with E-state index in [0.29, 0.717) is 5.56 Å². The Morgan fingerprint density at radius 3 is 2.21 bits per heavy atom. The quantitative estimate of drug-likeness (QED) is 0.482. The molecule has 4 nitrogen and oxygen atoms in total. The lowest BCUT2D eigenvalue weighted by atomic mass is 9.91. The number of rotatable bonds is 3. The summed E-state index contributed by atoms with van der Waals surface area (Å²) in [7, 11) is 0. The highest BCUT2D eigenvalue weighted by Gasteiger charge is 2.48. The Labute approximate surface area is 163 Å². The van der Waals surface area contributed by atoms with Crippen molar-refractivity contribution in [1.29, 1.82) is 0 Å². The van der Waals surface area contributed by atoms with Crippen molar-refractivity contribution in [3.8, 4) is 0 Å². The maximum absolute atomic E-state index is 13.3. The van der Waals surface area contributed by atoms with Crippen LogP contribution in [0.5, 0.6) is 0 Å². The third-order valence-electron chi connectivity index (χ3n) is 5.68. The number of Topliss-reactive ketones (excluding diaryl/α,β-unsaturated/α-hetero) is 1. The Morgan fingerprint density at radius 2 is 1.57 bits per heavy atom. The molecule has 144 valence electrons. The van der Waals surface area contributed by atoms with Gasteiger partial charge in [-0.25, -0.2) is 4.39 Å². The molecule has 1 saturated heterocycles. The number of amides is 1. The van der Waals surface area contributed by atoms with Crippen molar-refractivity contribution in [1.82, 2.24) is 4.90 Å². The topological polar surface area (TPSA) is 57.6 Å². The predicted molar refractivity (Wildman–Crippen MR) is 104 cm³/mol. The molecule has 0 spiro atoms. The van der Waals surface area contributed by atoms with Crippen molar-refractivity contribution in [3.63, 3.8) is 0 Å². The summed E-state index contributed by atoms with van der Waals surface area (Å²) in [6, 6.07) is 13.9. The number of likely N-dealkylation sites (tertiary alicyclic amines) is 1. The lowest BCUT2D eigenvalue weighted by Gasteiger charge is -2.35. The molecule has 2 aliphatic rings. The molecule has 28 heavy (non-hydrogen) atoms. The smallest absolute Gasteiger partial charge is 0.295 e. The van der Waals surface area contributed by atoms with E-state index >= 15 is 0 Å². The summed E-state index contributed by atoms with van der Waals surface area (Å²) in [5.74, 6) is -1.94. The van der Waals surface area contributed by atoms with Crippen LogP contribution < -0.4 is 0 Å². The van der Waals surface area contributed by atoms with Crippen molar-refractivity contribution >= 4 is 17.4 Å². The Kier molecular flexibility index (Phi) is 4.99. The van der Waals surface area contributed by atoms with Gasteiger partial charge in [0.2, 0.25) is 0 Å². The molecule has 0 aromatic heterocycles. The van der Waals surface area contributed by atoms with Gasteiger partial charge < -0.3 is 10.0 Å². The van der Waals surface area contributed by atoms with Crippen LogP contribution in [0.15, 0.2) is 60.2 Å². The van der Waals surface area contributed by atoms with Gasteiger partial charge in [-0.05, 0) is 42.7 Å². The number of carbonyl (C=O) groups is 2. The first kappa shape index (κ1) is 18.4. The standard InChI is InChI=1S/C23H22FNO3/c24-17-13-11-16(12-14-17)21(26)19-20(15-7-3-1-4-8-15)25(23(28)22(19)27)18-9-5-2-6-10-18/h1,3-4,7-8,11-14,18,20,26H,2,5-6,9-10H2/b21-19-. The SMILES string of the molecule is O=C1C(=O)N(C2CCCCC2)C(c2ccccc2)/C1=C(/O)c1ccc(F)cc1. The molecule has 5 heteroatoms. The second kappa shape index (κ2) is 7.58. The van der Waals surface area contributed by atoms with Crippen LogP contribution in [0.25, 0.3) is 5.76 Å². The Bertz CT molecular complexity index is 915. The van der Waals surface area contributed by atoms with E-state index in [1.807, 2.05) is 30.3 Å². The summed E-state index contributed by atoms with van der Waals surface area (Å²) >= 11 is 0. The van der Waals surface area contributed by atoms with Crippen molar-refractivity contribution in [2.75, 3.05) is 0 Å². The number of hydrogen-bond donors (Lipinski definition) is 1. The Hall–Kier alpha value is -2.95. The van der Waals surface area contributed by atoms with Crippen molar-refractivity contribution in [3.05, 3.63) is 77.1 Å². The van der Waals surface area contributed by atoms with Crippen LogP contribution >= 0.6 is 0 Å². The Morgan fingerprint density at radius 1 is 0.929 bits per heavy atom. The van der Waals surface area contributed by atoms with E-state index in [-0.39, 0.29) is 17.4 Å². The average molecular weight is 379 g/mol. The number of carbonyl (C=O) groups excluding carboxylic acids is 2. The van der Waals surface area contributed by atoms with E-state index in [1.165, 1.54) is 24.3 Å². The van der Waals surface area contributed by atoms with Gasteiger partial charge >= 0.3 is 0 Å². The maximum atomic E-state index is 13.3. The maximum Gasteiger partial charge on any atom is 0.295 e. The second-order valence-corrected chi connectivity index (χ2v) is 7.42. The molecular formula is C23H22FNO3. The summed E-state index contributed by atoms with van der Waals surface area (Å²) < 4.78 is 13.3. The molecule has 4 rings (SSSR count). The number of benzene rings is 2. The van der Waals surface area contributed by atoms with E-state index in [4.69, 9.17) is 0 Å². The van der Waals surface area contributed by atoms with Gasteiger partial charge in [0.15, 0.2) is 0 Å². The molecule has 1 N–H and O–H groups in total. The normalized spacial score (nSPS) is 22.6. The van der Waals surface area contributed by atoms with Crippen LogP contribution in [0.2, 0.25) is 0 Å². The van der Waals surface area contributed by atoms with Crippen molar-refractivity contribution < 1.29 is 19.1 Å². The van der Waals surface area contributed by atoms with Gasteiger partial charge in [0, 0.05) is 11.6 Å². The van der Waals surface area contributed by atoms with Crippen LogP contribution in [0.3, 0.4) is 0 Å². The van der Waals surface area contributed by atoms with Crippen molar-refractivity contribution in [2.24, 2.45) is 0 Å². The molecule has 1 amide bonds. The van der Waals surface area contributed by atoms with Crippen LogP contribution in [0, 0.1) is 5.82 Å². The van der Waals surface area contributed by atoms with E-state index < -0.39 is 23.5 Å². The number of nitrogens with zero attached hydrogens (tertiary/aromatic N) is 1. The van der Waals surface area contributed by atoms with Gasteiger partial charge in [0.25, 0.3) is 11.7 Å². The molecule has 2 aromatic carbocycles. The molecule has 1 heterocycles. The van der Waals surface area contributed by atoms with E-state index in [0.717, 1.165) is 37.7 Å². The minimum atomic E-state index is -0.679. The first-order chi connectivity index (χ1) is 13.6. The van der Waals surface area contributed by atoms with Crippen LogP contribution in [0.4, 0.5) is 4.39 Å². The monoisotopic (exact) mass is 379 g/mol. The first-order valence-electron chi connectivity index (χ1n) is 9.69. The summed E-state index contributed by atoms with van der Waals surface area (Å²) in [6.45, 7) is 0. The highest BCUT2D eigenvalue weighted by Crippen LogP contribution is 2.42. The zero-order chi connectivity index (χ0) is 19.7. The lowest BCUT2D eigenvalue weighted by Crippen LogP contribution is -2.40. The number of ketones is 1. The van der Waals surface area contributed by atoms with Gasteiger partial charge in [0.05, 0.1) is 11.6 Å². The zero-order valence-electron chi connectivity index (χ0n) is 15.5. The summed E-state index contributed by atoms with van der Waals surface area (Å²) in [5.41, 5.74) is 1.19. The van der Waals surface area contributed by atoms with Crippen molar-refractivity contribution in [2.45, 2.75) is 44.2 Å². The second-order valence-electron chi connectivity index (χ2n) is 7.42. The minimum Gasteiger partial charge on any atom is -0.507 e. The molecule has 1 atom stereocenters. The number of aliphatic hydroxyl groups is 1. The molecule has 0 bridgehead atoms. The highest BCUT2D eigenvalue weighted by atomic mass is 19.1. The Balaban J connectivity index is 1.85. The molecule has 2 aromatic rings.